The van der Waals surface area contributed by atoms with Gasteiger partial charge in [-0.3, -0.25) is 4.79 Å². The van der Waals surface area contributed by atoms with Crippen LogP contribution < -0.4 is 5.32 Å². The van der Waals surface area contributed by atoms with Gasteiger partial charge in [0.25, 0.3) is 5.91 Å². The van der Waals surface area contributed by atoms with E-state index in [0.717, 1.165) is 19.4 Å². The lowest BCUT2D eigenvalue weighted by atomic mass is 10.2. The van der Waals surface area contributed by atoms with Gasteiger partial charge in [0, 0.05) is 18.8 Å². The number of amides is 1. The first-order chi connectivity index (χ1) is 9.02. The van der Waals surface area contributed by atoms with E-state index in [-0.39, 0.29) is 11.1 Å². The maximum atomic E-state index is 11.8. The minimum atomic E-state index is -0.157. The highest BCUT2D eigenvalue weighted by molar-refractivity contribution is 6.32. The lowest BCUT2D eigenvalue weighted by Crippen LogP contribution is -2.29. The van der Waals surface area contributed by atoms with Crippen LogP contribution in [0.2, 0.25) is 5.15 Å². The minimum absolute atomic E-state index is 0.157. The van der Waals surface area contributed by atoms with Crippen LogP contribution in [0.5, 0.6) is 0 Å². The fourth-order valence-electron chi connectivity index (χ4n) is 1.60. The Morgan fingerprint density at radius 2 is 2.21 bits per heavy atom. The molecule has 0 bridgehead atoms. The van der Waals surface area contributed by atoms with E-state index in [1.165, 1.54) is 0 Å². The molecule has 0 saturated carbocycles. The zero-order valence-electron chi connectivity index (χ0n) is 11.8. The number of hydrogen-bond donors (Lipinski definition) is 1. The van der Waals surface area contributed by atoms with Crippen molar-refractivity contribution < 1.29 is 4.79 Å². The average Bonchev–Trinajstić information content (AvgIpc) is 2.38. The van der Waals surface area contributed by atoms with Gasteiger partial charge in [0.2, 0.25) is 0 Å². The molecule has 0 atom stereocenters. The summed E-state index contributed by atoms with van der Waals surface area (Å²) in [5, 5.41) is 3.11. The van der Waals surface area contributed by atoms with Crippen LogP contribution in [0.1, 0.15) is 37.0 Å². The number of hydrogen-bond acceptors (Lipinski definition) is 3. The van der Waals surface area contributed by atoms with Crippen LogP contribution in [0.25, 0.3) is 0 Å². The van der Waals surface area contributed by atoms with E-state index in [2.05, 4.69) is 36.1 Å². The van der Waals surface area contributed by atoms with Crippen molar-refractivity contribution in [3.63, 3.8) is 0 Å². The fraction of sp³-hybridized carbons (Fsp3) is 0.571. The molecule has 1 amide bonds. The second-order valence-corrected chi connectivity index (χ2v) is 5.24. The average molecular weight is 284 g/mol. The van der Waals surface area contributed by atoms with Gasteiger partial charge >= 0.3 is 0 Å². The van der Waals surface area contributed by atoms with E-state index in [1.807, 2.05) is 0 Å². The van der Waals surface area contributed by atoms with E-state index in [0.29, 0.717) is 18.2 Å². The zero-order chi connectivity index (χ0) is 14.3. The quantitative estimate of drug-likeness (QED) is 0.618. The van der Waals surface area contributed by atoms with Gasteiger partial charge in [-0.15, -0.1) is 0 Å². The summed E-state index contributed by atoms with van der Waals surface area (Å²) in [7, 11) is 2.11. The smallest absolute Gasteiger partial charge is 0.254 e. The van der Waals surface area contributed by atoms with Crippen molar-refractivity contribution >= 4 is 17.5 Å². The molecule has 19 heavy (non-hydrogen) atoms. The zero-order valence-corrected chi connectivity index (χ0v) is 12.6. The van der Waals surface area contributed by atoms with Crippen LogP contribution in [-0.4, -0.2) is 42.0 Å². The second-order valence-electron chi connectivity index (χ2n) is 4.88. The highest BCUT2D eigenvalue weighted by Gasteiger charge is 2.09. The third-order valence-electron chi connectivity index (χ3n) is 3.11. The highest BCUT2D eigenvalue weighted by atomic mass is 35.5. The standard InChI is InChI=1S/C14H22ClN3O/c1-11(2)18(3)10-5-4-8-17-14(19)12-7-6-9-16-13(12)15/h6-7,9,11H,4-5,8,10H2,1-3H3,(H,17,19). The molecule has 4 nitrogen and oxygen atoms in total. The Hall–Kier alpha value is -1.13. The number of carbonyl (C=O) groups excluding carboxylic acids is 1. The van der Waals surface area contributed by atoms with Crippen molar-refractivity contribution in [2.45, 2.75) is 32.7 Å². The molecule has 0 saturated heterocycles. The molecule has 0 unspecified atom stereocenters. The number of nitrogens with zero attached hydrogens (tertiary/aromatic N) is 2. The van der Waals surface area contributed by atoms with Gasteiger partial charge in [-0.2, -0.15) is 0 Å². The molecule has 0 aliphatic rings. The largest absolute Gasteiger partial charge is 0.352 e. The summed E-state index contributed by atoms with van der Waals surface area (Å²) in [5.41, 5.74) is 0.434. The molecular weight excluding hydrogens is 262 g/mol. The molecule has 0 fully saturated rings. The third kappa shape index (κ3) is 5.57. The molecule has 1 aromatic heterocycles. The molecule has 1 aromatic rings. The van der Waals surface area contributed by atoms with Crippen LogP contribution >= 0.6 is 11.6 Å². The van der Waals surface area contributed by atoms with Crippen LogP contribution in [0.4, 0.5) is 0 Å². The Bertz CT molecular complexity index is 409. The van der Waals surface area contributed by atoms with Gasteiger partial charge < -0.3 is 10.2 Å². The summed E-state index contributed by atoms with van der Waals surface area (Å²) in [4.78, 5) is 18.0. The molecule has 0 aromatic carbocycles. The van der Waals surface area contributed by atoms with Gasteiger partial charge in [0.1, 0.15) is 5.15 Å². The third-order valence-corrected chi connectivity index (χ3v) is 3.41. The summed E-state index contributed by atoms with van der Waals surface area (Å²) in [6.45, 7) is 6.05. The fourth-order valence-corrected chi connectivity index (χ4v) is 1.80. The molecule has 0 spiro atoms. The lowest BCUT2D eigenvalue weighted by molar-refractivity contribution is 0.0952. The SMILES string of the molecule is CC(C)N(C)CCCCNC(=O)c1cccnc1Cl. The minimum Gasteiger partial charge on any atom is -0.352 e. The van der Waals surface area contributed by atoms with Gasteiger partial charge in [0.05, 0.1) is 5.56 Å². The van der Waals surface area contributed by atoms with Gasteiger partial charge in [0.15, 0.2) is 0 Å². The summed E-state index contributed by atoms with van der Waals surface area (Å²) in [5.74, 6) is -0.157. The number of pyridine rings is 1. The number of unbranched alkanes of at least 4 members (excludes halogenated alkanes) is 1. The van der Waals surface area contributed by atoms with E-state index in [9.17, 15) is 4.79 Å². The first kappa shape index (κ1) is 15.9. The van der Waals surface area contributed by atoms with Crippen molar-refractivity contribution in [1.29, 1.82) is 0 Å². The van der Waals surface area contributed by atoms with Crippen molar-refractivity contribution in [3.05, 3.63) is 29.0 Å². The number of halogens is 1. The summed E-state index contributed by atoms with van der Waals surface area (Å²) in [6.07, 6.45) is 3.59. The Labute approximate surface area is 120 Å². The maximum absolute atomic E-state index is 11.8. The number of aromatic nitrogens is 1. The van der Waals surface area contributed by atoms with Crippen molar-refractivity contribution in [2.75, 3.05) is 20.1 Å². The van der Waals surface area contributed by atoms with Crippen molar-refractivity contribution in [2.24, 2.45) is 0 Å². The van der Waals surface area contributed by atoms with Crippen LogP contribution in [0, 0.1) is 0 Å². The van der Waals surface area contributed by atoms with Crippen LogP contribution in [0.3, 0.4) is 0 Å². The lowest BCUT2D eigenvalue weighted by Gasteiger charge is -2.20. The second kappa shape index (κ2) is 8.12. The molecule has 0 radical (unpaired) electrons. The monoisotopic (exact) mass is 283 g/mol. The Balaban J connectivity index is 2.23. The van der Waals surface area contributed by atoms with Crippen molar-refractivity contribution in [3.8, 4) is 0 Å². The van der Waals surface area contributed by atoms with E-state index < -0.39 is 0 Å². The number of carbonyl (C=O) groups is 1. The normalized spacial score (nSPS) is 11.1. The van der Waals surface area contributed by atoms with Crippen molar-refractivity contribution in [1.82, 2.24) is 15.2 Å². The van der Waals surface area contributed by atoms with Crippen LogP contribution in [0.15, 0.2) is 18.3 Å². The Kier molecular flexibility index (Phi) is 6.81. The van der Waals surface area contributed by atoms with E-state index >= 15 is 0 Å². The molecule has 0 aliphatic carbocycles. The number of nitrogens with one attached hydrogen (secondary N) is 1. The summed E-state index contributed by atoms with van der Waals surface area (Å²) >= 11 is 5.86. The first-order valence-electron chi connectivity index (χ1n) is 6.61. The topological polar surface area (TPSA) is 45.2 Å². The molecular formula is C14H22ClN3O. The molecule has 0 aliphatic heterocycles. The molecule has 1 rings (SSSR count). The van der Waals surface area contributed by atoms with Gasteiger partial charge in [-0.25, -0.2) is 4.98 Å². The predicted octanol–water partition coefficient (Wildman–Crippen LogP) is 2.59. The van der Waals surface area contributed by atoms with E-state index in [1.54, 1.807) is 18.3 Å². The van der Waals surface area contributed by atoms with Gasteiger partial charge in [-0.05, 0) is 52.4 Å². The number of rotatable bonds is 7. The van der Waals surface area contributed by atoms with Crippen LogP contribution in [-0.2, 0) is 0 Å². The highest BCUT2D eigenvalue weighted by Crippen LogP contribution is 2.10. The molecule has 106 valence electrons. The molecule has 1 N–H and O–H groups in total. The summed E-state index contributed by atoms with van der Waals surface area (Å²) in [6, 6.07) is 3.94. The Morgan fingerprint density at radius 3 is 2.84 bits per heavy atom. The van der Waals surface area contributed by atoms with E-state index in [4.69, 9.17) is 11.6 Å². The van der Waals surface area contributed by atoms with Gasteiger partial charge in [-0.1, -0.05) is 11.6 Å². The first-order valence-corrected chi connectivity index (χ1v) is 6.99. The molecule has 5 heteroatoms. The Morgan fingerprint density at radius 1 is 1.47 bits per heavy atom. The predicted molar refractivity (Wildman–Crippen MR) is 78.6 cm³/mol. The summed E-state index contributed by atoms with van der Waals surface area (Å²) < 4.78 is 0. The maximum Gasteiger partial charge on any atom is 0.254 e. The molecule has 1 heterocycles.